The zero-order valence-electron chi connectivity index (χ0n) is 14.4. The first-order valence-electron chi connectivity index (χ1n) is 8.69. The largest absolute Gasteiger partial charge is 0.387 e. The molecule has 0 aromatic heterocycles. The predicted molar refractivity (Wildman–Crippen MR) is 97.7 cm³/mol. The van der Waals surface area contributed by atoms with Gasteiger partial charge in [-0.15, -0.1) is 0 Å². The Balaban J connectivity index is 1.45. The SMILES string of the molecule is Cc1ccc(S[C@@H]2O[C@@H]3CO[C@@H](c4ccccc4)O[C@@H]3[C@H](O)[C@H]2O)cc1. The Bertz CT molecular complexity index is 721. The molecule has 0 radical (unpaired) electrons. The van der Waals surface area contributed by atoms with Crippen molar-refractivity contribution >= 4 is 11.8 Å². The van der Waals surface area contributed by atoms with Crippen LogP contribution in [0.4, 0.5) is 0 Å². The topological polar surface area (TPSA) is 68.2 Å². The normalized spacial score (nSPS) is 34.3. The van der Waals surface area contributed by atoms with Crippen LogP contribution in [-0.4, -0.2) is 46.7 Å². The highest BCUT2D eigenvalue weighted by molar-refractivity contribution is 7.99. The van der Waals surface area contributed by atoms with Gasteiger partial charge in [0, 0.05) is 10.5 Å². The van der Waals surface area contributed by atoms with E-state index in [4.69, 9.17) is 14.2 Å². The molecule has 2 heterocycles. The minimum Gasteiger partial charge on any atom is -0.387 e. The third-order valence-corrected chi connectivity index (χ3v) is 5.84. The number of hydrogen-bond acceptors (Lipinski definition) is 6. The molecule has 2 fully saturated rings. The van der Waals surface area contributed by atoms with Gasteiger partial charge in [0.1, 0.15) is 29.9 Å². The first kappa shape index (κ1) is 18.0. The van der Waals surface area contributed by atoms with Crippen molar-refractivity contribution < 1.29 is 24.4 Å². The Kier molecular flexibility index (Phi) is 5.31. The molecule has 5 nitrogen and oxygen atoms in total. The average Bonchev–Trinajstić information content (AvgIpc) is 2.68. The van der Waals surface area contributed by atoms with Crippen LogP contribution in [0.15, 0.2) is 59.5 Å². The molecule has 0 saturated carbocycles. The number of rotatable bonds is 3. The molecular weight excluding hydrogens is 352 g/mol. The first-order chi connectivity index (χ1) is 12.6. The Hall–Kier alpha value is -1.41. The van der Waals surface area contributed by atoms with Gasteiger partial charge in [-0.25, -0.2) is 0 Å². The zero-order chi connectivity index (χ0) is 18.1. The predicted octanol–water partition coefficient (Wildman–Crippen LogP) is 2.65. The number of aliphatic hydroxyl groups is 2. The lowest BCUT2D eigenvalue weighted by Crippen LogP contribution is -2.60. The summed E-state index contributed by atoms with van der Waals surface area (Å²) in [6, 6.07) is 17.5. The monoisotopic (exact) mass is 374 g/mol. The van der Waals surface area contributed by atoms with Gasteiger partial charge in [-0.1, -0.05) is 59.8 Å². The van der Waals surface area contributed by atoms with E-state index in [-0.39, 0.29) is 0 Å². The first-order valence-corrected chi connectivity index (χ1v) is 9.57. The van der Waals surface area contributed by atoms with E-state index in [0.717, 1.165) is 10.5 Å². The van der Waals surface area contributed by atoms with Crippen LogP contribution in [0.5, 0.6) is 0 Å². The summed E-state index contributed by atoms with van der Waals surface area (Å²) in [5.74, 6) is 0. The standard InChI is InChI=1S/C20H22O5S/c1-12-7-9-14(10-8-12)26-20-17(22)16(21)18-15(24-20)11-23-19(25-18)13-5-3-2-4-6-13/h2-10,15-22H,11H2,1H3/t15-,16-,17-,18+,19-,20+/m1/s1. The molecule has 6 heteroatoms. The summed E-state index contributed by atoms with van der Waals surface area (Å²) in [7, 11) is 0. The number of fused-ring (bicyclic) bond motifs is 1. The van der Waals surface area contributed by atoms with E-state index >= 15 is 0 Å². The molecular formula is C20H22O5S. The summed E-state index contributed by atoms with van der Waals surface area (Å²) in [5.41, 5.74) is 1.47. The van der Waals surface area contributed by atoms with Crippen molar-refractivity contribution in [2.24, 2.45) is 0 Å². The molecule has 26 heavy (non-hydrogen) atoms. The second-order valence-corrected chi connectivity index (χ2v) is 7.80. The highest BCUT2D eigenvalue weighted by Crippen LogP contribution is 2.38. The van der Waals surface area contributed by atoms with Crippen LogP contribution >= 0.6 is 11.8 Å². The van der Waals surface area contributed by atoms with Crippen LogP contribution in [0.3, 0.4) is 0 Å². The van der Waals surface area contributed by atoms with Crippen molar-refractivity contribution in [2.75, 3.05) is 6.61 Å². The molecule has 0 amide bonds. The van der Waals surface area contributed by atoms with Crippen molar-refractivity contribution in [2.45, 2.75) is 48.0 Å². The molecule has 0 aliphatic carbocycles. The lowest BCUT2D eigenvalue weighted by molar-refractivity contribution is -0.318. The summed E-state index contributed by atoms with van der Waals surface area (Å²) in [6.07, 6.45) is -3.69. The van der Waals surface area contributed by atoms with E-state index in [1.807, 2.05) is 61.5 Å². The van der Waals surface area contributed by atoms with Gasteiger partial charge in [-0.3, -0.25) is 0 Å². The summed E-state index contributed by atoms with van der Waals surface area (Å²) in [4.78, 5) is 0.977. The molecule has 2 aliphatic heterocycles. The van der Waals surface area contributed by atoms with Gasteiger partial charge in [0.15, 0.2) is 6.29 Å². The van der Waals surface area contributed by atoms with Crippen molar-refractivity contribution in [3.8, 4) is 0 Å². The van der Waals surface area contributed by atoms with Crippen molar-refractivity contribution in [3.05, 3.63) is 65.7 Å². The second kappa shape index (κ2) is 7.68. The van der Waals surface area contributed by atoms with E-state index in [1.54, 1.807) is 0 Å². The lowest BCUT2D eigenvalue weighted by Gasteiger charge is -2.46. The van der Waals surface area contributed by atoms with Gasteiger partial charge in [0.2, 0.25) is 0 Å². The Morgan fingerprint density at radius 1 is 0.923 bits per heavy atom. The minimum absolute atomic E-state index is 0.305. The molecule has 0 spiro atoms. The number of benzene rings is 2. The van der Waals surface area contributed by atoms with E-state index in [0.29, 0.717) is 6.61 Å². The minimum atomic E-state index is -1.04. The highest BCUT2D eigenvalue weighted by atomic mass is 32.2. The summed E-state index contributed by atoms with van der Waals surface area (Å²) < 4.78 is 17.7. The van der Waals surface area contributed by atoms with Crippen LogP contribution in [0.1, 0.15) is 17.4 Å². The summed E-state index contributed by atoms with van der Waals surface area (Å²) in [6.45, 7) is 2.33. The van der Waals surface area contributed by atoms with Gasteiger partial charge < -0.3 is 24.4 Å². The Labute approximate surface area is 156 Å². The molecule has 2 aliphatic rings. The molecule has 0 unspecified atom stereocenters. The number of ether oxygens (including phenoxy) is 3. The van der Waals surface area contributed by atoms with Gasteiger partial charge in [-0.05, 0) is 19.1 Å². The van der Waals surface area contributed by atoms with Crippen molar-refractivity contribution in [1.82, 2.24) is 0 Å². The van der Waals surface area contributed by atoms with Crippen LogP contribution in [0.25, 0.3) is 0 Å². The fourth-order valence-electron chi connectivity index (χ4n) is 3.21. The third kappa shape index (κ3) is 3.67. The van der Waals surface area contributed by atoms with Gasteiger partial charge in [0.05, 0.1) is 6.61 Å². The van der Waals surface area contributed by atoms with Crippen LogP contribution in [0.2, 0.25) is 0 Å². The maximum atomic E-state index is 10.6. The average molecular weight is 374 g/mol. The zero-order valence-corrected chi connectivity index (χ0v) is 15.2. The maximum Gasteiger partial charge on any atom is 0.184 e. The molecule has 2 N–H and O–H groups in total. The number of aryl methyl sites for hydroxylation is 1. The summed E-state index contributed by atoms with van der Waals surface area (Å²) >= 11 is 1.39. The van der Waals surface area contributed by atoms with E-state index in [9.17, 15) is 10.2 Å². The van der Waals surface area contributed by atoms with E-state index in [2.05, 4.69) is 0 Å². The Morgan fingerprint density at radius 2 is 1.65 bits per heavy atom. The van der Waals surface area contributed by atoms with Gasteiger partial charge in [0.25, 0.3) is 0 Å². The van der Waals surface area contributed by atoms with Gasteiger partial charge in [-0.2, -0.15) is 0 Å². The van der Waals surface area contributed by atoms with E-state index < -0.39 is 36.1 Å². The molecule has 6 atom stereocenters. The third-order valence-electron chi connectivity index (χ3n) is 4.68. The number of aliphatic hydroxyl groups excluding tert-OH is 2. The number of thioether (sulfide) groups is 1. The quantitative estimate of drug-likeness (QED) is 0.861. The van der Waals surface area contributed by atoms with Crippen molar-refractivity contribution in [1.29, 1.82) is 0 Å². The van der Waals surface area contributed by atoms with Crippen LogP contribution in [-0.2, 0) is 14.2 Å². The fourth-order valence-corrected chi connectivity index (χ4v) is 4.27. The molecule has 138 valence electrons. The second-order valence-electron chi connectivity index (χ2n) is 6.63. The molecule has 0 bridgehead atoms. The van der Waals surface area contributed by atoms with Crippen LogP contribution < -0.4 is 0 Å². The Morgan fingerprint density at radius 3 is 2.38 bits per heavy atom. The number of hydrogen-bond donors (Lipinski definition) is 2. The van der Waals surface area contributed by atoms with Crippen LogP contribution in [0, 0.1) is 6.92 Å². The molecule has 2 aromatic carbocycles. The highest BCUT2D eigenvalue weighted by Gasteiger charge is 2.49. The van der Waals surface area contributed by atoms with Crippen molar-refractivity contribution in [3.63, 3.8) is 0 Å². The maximum absolute atomic E-state index is 10.6. The lowest BCUT2D eigenvalue weighted by atomic mass is 9.99. The molecule has 2 saturated heterocycles. The van der Waals surface area contributed by atoms with E-state index in [1.165, 1.54) is 17.3 Å². The summed E-state index contributed by atoms with van der Waals surface area (Å²) in [5, 5.41) is 21.1. The fraction of sp³-hybridized carbons (Fsp3) is 0.400. The smallest absolute Gasteiger partial charge is 0.184 e. The molecule has 4 rings (SSSR count). The van der Waals surface area contributed by atoms with Gasteiger partial charge >= 0.3 is 0 Å². The molecule has 2 aromatic rings.